The molecule has 0 radical (unpaired) electrons. The number of nitro benzene ring substituents is 1. The van der Waals surface area contributed by atoms with E-state index in [0.29, 0.717) is 37.6 Å². The molecule has 0 aromatic heterocycles. The van der Waals surface area contributed by atoms with Crippen molar-refractivity contribution in [2.24, 2.45) is 5.73 Å². The topological polar surface area (TPSA) is 119 Å². The Bertz CT molecular complexity index is 543. The van der Waals surface area contributed by atoms with Gasteiger partial charge in [0.15, 0.2) is 0 Å². The highest BCUT2D eigenvalue weighted by Crippen LogP contribution is 2.31. The van der Waals surface area contributed by atoms with Crippen LogP contribution in [-0.2, 0) is 9.53 Å². The van der Waals surface area contributed by atoms with E-state index in [1.807, 2.05) is 4.90 Å². The third-order valence-corrected chi connectivity index (χ3v) is 3.37. The van der Waals surface area contributed by atoms with Crippen molar-refractivity contribution in [3.8, 4) is 0 Å². The Labute approximate surface area is 121 Å². The normalized spacial score (nSPS) is 16.5. The van der Waals surface area contributed by atoms with Gasteiger partial charge in [-0.25, -0.2) is 0 Å². The molecular weight excluding hydrogens is 278 g/mol. The molecule has 8 nitrogen and oxygen atoms in total. The van der Waals surface area contributed by atoms with E-state index in [-0.39, 0.29) is 12.1 Å². The van der Waals surface area contributed by atoms with Gasteiger partial charge in [-0.05, 0) is 11.6 Å². The predicted molar refractivity (Wildman–Crippen MR) is 75.3 cm³/mol. The van der Waals surface area contributed by atoms with Gasteiger partial charge in [0, 0.05) is 25.2 Å². The summed E-state index contributed by atoms with van der Waals surface area (Å²) in [6, 6.07) is 3.87. The second kappa shape index (κ2) is 6.51. The summed E-state index contributed by atoms with van der Waals surface area (Å²) in [5, 5.41) is 20.0. The first-order valence-electron chi connectivity index (χ1n) is 6.57. The van der Waals surface area contributed by atoms with E-state index < -0.39 is 16.9 Å². The van der Waals surface area contributed by atoms with Crippen LogP contribution in [0.15, 0.2) is 18.2 Å². The minimum absolute atomic E-state index is 0.0600. The van der Waals surface area contributed by atoms with Crippen LogP contribution in [-0.4, -0.2) is 42.3 Å². The largest absolute Gasteiger partial charge is 0.481 e. The molecule has 21 heavy (non-hydrogen) atoms. The standard InChI is InChI=1S/C13H17N3O5/c14-10(8-13(17)18)9-1-2-11(12(7-9)16(19)20)15-3-5-21-6-4-15/h1-2,7,10H,3-6,8,14H2,(H,17,18). The van der Waals surface area contributed by atoms with Crippen molar-refractivity contribution >= 4 is 17.3 Å². The lowest BCUT2D eigenvalue weighted by Gasteiger charge is -2.28. The average molecular weight is 295 g/mol. The number of rotatable bonds is 5. The number of anilines is 1. The Morgan fingerprint density at radius 2 is 2.14 bits per heavy atom. The Morgan fingerprint density at radius 3 is 2.71 bits per heavy atom. The molecule has 1 fully saturated rings. The van der Waals surface area contributed by atoms with E-state index in [2.05, 4.69) is 0 Å². The number of carboxylic acid groups (broad SMARTS) is 1. The zero-order chi connectivity index (χ0) is 15.4. The van der Waals surface area contributed by atoms with Crippen LogP contribution in [0.25, 0.3) is 0 Å². The van der Waals surface area contributed by atoms with Crippen LogP contribution < -0.4 is 10.6 Å². The van der Waals surface area contributed by atoms with Gasteiger partial charge in [-0.15, -0.1) is 0 Å². The molecule has 0 amide bonds. The van der Waals surface area contributed by atoms with Crippen molar-refractivity contribution in [2.45, 2.75) is 12.5 Å². The quantitative estimate of drug-likeness (QED) is 0.612. The van der Waals surface area contributed by atoms with Gasteiger partial charge in [-0.3, -0.25) is 14.9 Å². The van der Waals surface area contributed by atoms with Crippen LogP contribution in [0.2, 0.25) is 0 Å². The van der Waals surface area contributed by atoms with Gasteiger partial charge >= 0.3 is 5.97 Å². The molecule has 1 unspecified atom stereocenters. The van der Waals surface area contributed by atoms with Crippen molar-refractivity contribution in [2.75, 3.05) is 31.2 Å². The lowest BCUT2D eigenvalue weighted by molar-refractivity contribution is -0.384. The molecule has 1 aromatic rings. The Morgan fingerprint density at radius 1 is 1.48 bits per heavy atom. The summed E-state index contributed by atoms with van der Waals surface area (Å²) < 4.78 is 5.23. The number of hydrogen-bond donors (Lipinski definition) is 2. The first-order chi connectivity index (χ1) is 9.99. The van der Waals surface area contributed by atoms with Crippen LogP contribution >= 0.6 is 0 Å². The zero-order valence-electron chi connectivity index (χ0n) is 11.4. The van der Waals surface area contributed by atoms with E-state index in [4.69, 9.17) is 15.6 Å². The minimum Gasteiger partial charge on any atom is -0.481 e. The van der Waals surface area contributed by atoms with E-state index in [1.54, 1.807) is 12.1 Å². The SMILES string of the molecule is NC(CC(=O)O)c1ccc(N2CCOCC2)c([N+](=O)[O-])c1. The fourth-order valence-electron chi connectivity index (χ4n) is 2.29. The fraction of sp³-hybridized carbons (Fsp3) is 0.462. The highest BCUT2D eigenvalue weighted by Gasteiger charge is 2.23. The number of nitrogens with two attached hydrogens (primary N) is 1. The van der Waals surface area contributed by atoms with Crippen LogP contribution in [0.3, 0.4) is 0 Å². The lowest BCUT2D eigenvalue weighted by atomic mass is 10.0. The van der Waals surface area contributed by atoms with Gasteiger partial charge in [-0.1, -0.05) is 6.07 Å². The fourth-order valence-corrected chi connectivity index (χ4v) is 2.29. The van der Waals surface area contributed by atoms with E-state index in [1.165, 1.54) is 6.07 Å². The summed E-state index contributed by atoms with van der Waals surface area (Å²) in [6.07, 6.45) is -0.270. The van der Waals surface area contributed by atoms with Gasteiger partial charge in [-0.2, -0.15) is 0 Å². The van der Waals surface area contributed by atoms with E-state index in [9.17, 15) is 14.9 Å². The Balaban J connectivity index is 2.30. The molecule has 8 heteroatoms. The van der Waals surface area contributed by atoms with Gasteiger partial charge in [0.1, 0.15) is 5.69 Å². The maximum Gasteiger partial charge on any atom is 0.305 e. The van der Waals surface area contributed by atoms with Crippen LogP contribution in [0, 0.1) is 10.1 Å². The Kier molecular flexibility index (Phi) is 4.71. The molecule has 1 aliphatic heterocycles. The highest BCUT2D eigenvalue weighted by atomic mass is 16.6. The monoisotopic (exact) mass is 295 g/mol. The van der Waals surface area contributed by atoms with Crippen molar-refractivity contribution in [1.82, 2.24) is 0 Å². The molecule has 1 atom stereocenters. The number of nitrogens with zero attached hydrogens (tertiary/aromatic N) is 2. The lowest BCUT2D eigenvalue weighted by Crippen LogP contribution is -2.36. The number of nitro groups is 1. The molecule has 0 spiro atoms. The van der Waals surface area contributed by atoms with Gasteiger partial charge in [0.05, 0.1) is 24.6 Å². The average Bonchev–Trinajstić information content (AvgIpc) is 2.46. The molecule has 1 aliphatic rings. The number of carboxylic acids is 1. The van der Waals surface area contributed by atoms with Gasteiger partial charge in [0.25, 0.3) is 5.69 Å². The van der Waals surface area contributed by atoms with Crippen LogP contribution in [0.4, 0.5) is 11.4 Å². The second-order valence-electron chi connectivity index (χ2n) is 4.81. The van der Waals surface area contributed by atoms with Crippen LogP contribution in [0.5, 0.6) is 0 Å². The summed E-state index contributed by atoms with van der Waals surface area (Å²) in [7, 11) is 0. The minimum atomic E-state index is -1.04. The molecule has 1 saturated heterocycles. The second-order valence-corrected chi connectivity index (χ2v) is 4.81. The number of morpholine rings is 1. The van der Waals surface area contributed by atoms with Gasteiger partial charge < -0.3 is 20.5 Å². The molecular formula is C13H17N3O5. The number of aliphatic carboxylic acids is 1. The number of ether oxygens (including phenoxy) is 1. The first-order valence-corrected chi connectivity index (χ1v) is 6.57. The first kappa shape index (κ1) is 15.2. The molecule has 0 bridgehead atoms. The molecule has 3 N–H and O–H groups in total. The molecule has 114 valence electrons. The van der Waals surface area contributed by atoms with E-state index >= 15 is 0 Å². The highest BCUT2D eigenvalue weighted by molar-refractivity contribution is 5.69. The number of hydrogen-bond acceptors (Lipinski definition) is 6. The van der Waals surface area contributed by atoms with Crippen molar-refractivity contribution < 1.29 is 19.6 Å². The molecule has 0 saturated carbocycles. The smallest absolute Gasteiger partial charge is 0.305 e. The summed E-state index contributed by atoms with van der Waals surface area (Å²) in [4.78, 5) is 23.3. The summed E-state index contributed by atoms with van der Waals surface area (Å²) in [6.45, 7) is 2.22. The summed E-state index contributed by atoms with van der Waals surface area (Å²) >= 11 is 0. The van der Waals surface area contributed by atoms with Crippen LogP contribution in [0.1, 0.15) is 18.0 Å². The maximum atomic E-state index is 11.3. The molecule has 2 rings (SSSR count). The van der Waals surface area contributed by atoms with Crippen molar-refractivity contribution in [3.63, 3.8) is 0 Å². The molecule has 1 aromatic carbocycles. The number of carbonyl (C=O) groups is 1. The molecule has 0 aliphatic carbocycles. The number of benzene rings is 1. The maximum absolute atomic E-state index is 11.3. The third-order valence-electron chi connectivity index (χ3n) is 3.37. The van der Waals surface area contributed by atoms with Crippen molar-refractivity contribution in [3.05, 3.63) is 33.9 Å². The Hall–Kier alpha value is -2.19. The van der Waals surface area contributed by atoms with Gasteiger partial charge in [0.2, 0.25) is 0 Å². The summed E-state index contributed by atoms with van der Waals surface area (Å²) in [5.74, 6) is -1.04. The van der Waals surface area contributed by atoms with Crippen molar-refractivity contribution in [1.29, 1.82) is 0 Å². The zero-order valence-corrected chi connectivity index (χ0v) is 11.4. The predicted octanol–water partition coefficient (Wildman–Crippen LogP) is 0.906. The molecule has 1 heterocycles. The summed E-state index contributed by atoms with van der Waals surface area (Å²) in [5.41, 5.74) is 6.65. The van der Waals surface area contributed by atoms with E-state index in [0.717, 1.165) is 0 Å². The third kappa shape index (κ3) is 3.67.